The zero-order valence-corrected chi connectivity index (χ0v) is 10.3. The second-order valence-corrected chi connectivity index (χ2v) is 4.27. The van der Waals surface area contributed by atoms with E-state index in [1.807, 2.05) is 37.3 Å². The van der Waals surface area contributed by atoms with Gasteiger partial charge in [-0.15, -0.1) is 0 Å². The molecular weight excluding hydrogens is 214 g/mol. The lowest BCUT2D eigenvalue weighted by atomic mass is 10.1. The van der Waals surface area contributed by atoms with Crippen LogP contribution >= 0.6 is 0 Å². The molecule has 0 spiro atoms. The molecule has 1 aromatic carbocycles. The molecule has 1 fully saturated rings. The zero-order valence-electron chi connectivity index (χ0n) is 10.3. The first-order valence-corrected chi connectivity index (χ1v) is 6.31. The van der Waals surface area contributed by atoms with E-state index in [2.05, 4.69) is 0 Å². The van der Waals surface area contributed by atoms with E-state index in [0.717, 1.165) is 24.9 Å². The fourth-order valence-electron chi connectivity index (χ4n) is 2.18. The van der Waals surface area contributed by atoms with Crippen molar-refractivity contribution in [3.05, 3.63) is 30.3 Å². The molecule has 1 aliphatic heterocycles. The van der Waals surface area contributed by atoms with Crippen molar-refractivity contribution in [3.8, 4) is 0 Å². The quantitative estimate of drug-likeness (QED) is 0.803. The predicted octanol–water partition coefficient (Wildman–Crippen LogP) is 2.61. The summed E-state index contributed by atoms with van der Waals surface area (Å²) in [5.74, 6) is 0.0957. The number of nitrogens with zero attached hydrogens (tertiary/aromatic N) is 1. The Morgan fingerprint density at radius 1 is 1.35 bits per heavy atom. The lowest BCUT2D eigenvalue weighted by molar-refractivity contribution is -0.132. The second-order valence-electron chi connectivity index (χ2n) is 4.27. The van der Waals surface area contributed by atoms with Crippen molar-refractivity contribution >= 4 is 11.6 Å². The Kier molecular flexibility index (Phi) is 4.15. The number of anilines is 1. The van der Waals surface area contributed by atoms with Gasteiger partial charge in [-0.1, -0.05) is 18.2 Å². The third-order valence-electron chi connectivity index (χ3n) is 3.11. The average molecular weight is 233 g/mol. The zero-order chi connectivity index (χ0) is 12.1. The highest BCUT2D eigenvalue weighted by atomic mass is 16.5. The molecule has 1 unspecified atom stereocenters. The molecule has 0 saturated carbocycles. The van der Waals surface area contributed by atoms with Crippen molar-refractivity contribution in [2.75, 3.05) is 18.1 Å². The number of para-hydroxylation sites is 1. The van der Waals surface area contributed by atoms with Crippen LogP contribution in [0.1, 0.15) is 26.2 Å². The Morgan fingerprint density at radius 3 is 2.71 bits per heavy atom. The van der Waals surface area contributed by atoms with Crippen LogP contribution in [0.3, 0.4) is 0 Å². The molecule has 0 aliphatic carbocycles. The largest absolute Gasteiger partial charge is 0.368 e. The Bertz CT molecular complexity index is 358. The number of amides is 1. The summed E-state index contributed by atoms with van der Waals surface area (Å²) >= 11 is 0. The molecule has 1 atom stereocenters. The molecular formula is C14H19NO2. The smallest absolute Gasteiger partial charge is 0.256 e. The summed E-state index contributed by atoms with van der Waals surface area (Å²) in [6.45, 7) is 3.39. The van der Waals surface area contributed by atoms with E-state index in [4.69, 9.17) is 4.74 Å². The number of ether oxygens (including phenoxy) is 1. The van der Waals surface area contributed by atoms with Crippen LogP contribution in [0.5, 0.6) is 0 Å². The SMILES string of the molecule is CCN(C(=O)C1CCCCO1)c1ccccc1. The maximum atomic E-state index is 12.3. The van der Waals surface area contributed by atoms with Gasteiger partial charge < -0.3 is 9.64 Å². The molecule has 0 aromatic heterocycles. The lowest BCUT2D eigenvalue weighted by Gasteiger charge is -2.28. The Balaban J connectivity index is 2.10. The van der Waals surface area contributed by atoms with E-state index in [0.29, 0.717) is 13.2 Å². The molecule has 0 radical (unpaired) electrons. The van der Waals surface area contributed by atoms with E-state index < -0.39 is 0 Å². The molecule has 17 heavy (non-hydrogen) atoms. The number of rotatable bonds is 3. The van der Waals surface area contributed by atoms with Crippen molar-refractivity contribution in [3.63, 3.8) is 0 Å². The van der Waals surface area contributed by atoms with Gasteiger partial charge in [-0.25, -0.2) is 0 Å². The van der Waals surface area contributed by atoms with Crippen molar-refractivity contribution in [1.29, 1.82) is 0 Å². The van der Waals surface area contributed by atoms with Crippen LogP contribution < -0.4 is 4.90 Å². The Labute approximate surface area is 102 Å². The summed E-state index contributed by atoms with van der Waals surface area (Å²) in [7, 11) is 0. The molecule has 3 heteroatoms. The number of likely N-dealkylation sites (N-methyl/N-ethyl adjacent to an activating group) is 1. The van der Waals surface area contributed by atoms with Gasteiger partial charge in [0.1, 0.15) is 6.10 Å². The molecule has 3 nitrogen and oxygen atoms in total. The van der Waals surface area contributed by atoms with Gasteiger partial charge in [0.15, 0.2) is 0 Å². The van der Waals surface area contributed by atoms with Crippen molar-refractivity contribution in [2.24, 2.45) is 0 Å². The summed E-state index contributed by atoms with van der Waals surface area (Å²) in [6, 6.07) is 9.79. The molecule has 1 amide bonds. The van der Waals surface area contributed by atoms with Crippen LogP contribution in [0, 0.1) is 0 Å². The van der Waals surface area contributed by atoms with Crippen LogP contribution in [-0.4, -0.2) is 25.2 Å². The minimum absolute atomic E-state index is 0.0957. The number of carbonyl (C=O) groups is 1. The van der Waals surface area contributed by atoms with Gasteiger partial charge in [0.25, 0.3) is 5.91 Å². The van der Waals surface area contributed by atoms with Gasteiger partial charge in [-0.2, -0.15) is 0 Å². The molecule has 1 heterocycles. The van der Waals surface area contributed by atoms with E-state index in [9.17, 15) is 4.79 Å². The second kappa shape index (κ2) is 5.82. The minimum atomic E-state index is -0.246. The Morgan fingerprint density at radius 2 is 2.12 bits per heavy atom. The number of hydrogen-bond donors (Lipinski definition) is 0. The van der Waals surface area contributed by atoms with Crippen molar-refractivity contribution in [1.82, 2.24) is 0 Å². The highest BCUT2D eigenvalue weighted by molar-refractivity contribution is 5.96. The maximum absolute atomic E-state index is 12.3. The monoisotopic (exact) mass is 233 g/mol. The standard InChI is InChI=1S/C14H19NO2/c1-2-15(12-8-4-3-5-9-12)14(16)13-10-6-7-11-17-13/h3-5,8-9,13H,2,6-7,10-11H2,1H3. The third-order valence-corrected chi connectivity index (χ3v) is 3.11. The van der Waals surface area contributed by atoms with Crippen molar-refractivity contribution in [2.45, 2.75) is 32.3 Å². The van der Waals surface area contributed by atoms with Gasteiger partial charge in [0.05, 0.1) is 0 Å². The van der Waals surface area contributed by atoms with Crippen LogP contribution in [0.25, 0.3) is 0 Å². The van der Waals surface area contributed by atoms with Gasteiger partial charge in [0, 0.05) is 18.8 Å². The molecule has 92 valence electrons. The molecule has 0 bridgehead atoms. The topological polar surface area (TPSA) is 29.5 Å². The van der Waals surface area contributed by atoms with E-state index in [-0.39, 0.29) is 12.0 Å². The van der Waals surface area contributed by atoms with Gasteiger partial charge >= 0.3 is 0 Å². The summed E-state index contributed by atoms with van der Waals surface area (Å²) in [6.07, 6.45) is 2.76. The van der Waals surface area contributed by atoms with E-state index in [1.54, 1.807) is 4.90 Å². The number of carbonyl (C=O) groups excluding carboxylic acids is 1. The van der Waals surface area contributed by atoms with Gasteiger partial charge in [-0.05, 0) is 38.3 Å². The van der Waals surface area contributed by atoms with Crippen LogP contribution in [-0.2, 0) is 9.53 Å². The fraction of sp³-hybridized carbons (Fsp3) is 0.500. The molecule has 0 N–H and O–H groups in total. The third kappa shape index (κ3) is 2.86. The van der Waals surface area contributed by atoms with Crippen LogP contribution in [0.4, 0.5) is 5.69 Å². The normalized spacial score (nSPS) is 19.9. The first-order chi connectivity index (χ1) is 8.33. The van der Waals surface area contributed by atoms with Gasteiger partial charge in [0.2, 0.25) is 0 Å². The first-order valence-electron chi connectivity index (χ1n) is 6.31. The highest BCUT2D eigenvalue weighted by Gasteiger charge is 2.26. The molecule has 1 aromatic rings. The molecule has 1 aliphatic rings. The average Bonchev–Trinajstić information content (AvgIpc) is 2.42. The fourth-order valence-corrected chi connectivity index (χ4v) is 2.18. The summed E-state index contributed by atoms with van der Waals surface area (Å²) in [5, 5.41) is 0. The summed E-state index contributed by atoms with van der Waals surface area (Å²) in [5.41, 5.74) is 0.953. The maximum Gasteiger partial charge on any atom is 0.256 e. The number of hydrogen-bond acceptors (Lipinski definition) is 2. The van der Waals surface area contributed by atoms with Gasteiger partial charge in [-0.3, -0.25) is 4.79 Å². The number of benzene rings is 1. The van der Waals surface area contributed by atoms with E-state index >= 15 is 0 Å². The predicted molar refractivity (Wildman–Crippen MR) is 68.1 cm³/mol. The minimum Gasteiger partial charge on any atom is -0.368 e. The highest BCUT2D eigenvalue weighted by Crippen LogP contribution is 2.19. The Hall–Kier alpha value is -1.35. The molecule has 1 saturated heterocycles. The first kappa shape index (κ1) is 12.1. The molecule has 2 rings (SSSR count). The lowest BCUT2D eigenvalue weighted by Crippen LogP contribution is -2.42. The van der Waals surface area contributed by atoms with Crippen LogP contribution in [0.2, 0.25) is 0 Å². The van der Waals surface area contributed by atoms with Crippen molar-refractivity contribution < 1.29 is 9.53 Å². The van der Waals surface area contributed by atoms with Crippen LogP contribution in [0.15, 0.2) is 30.3 Å². The summed E-state index contributed by atoms with van der Waals surface area (Å²) < 4.78 is 5.55. The van der Waals surface area contributed by atoms with E-state index in [1.165, 1.54) is 0 Å². The summed E-state index contributed by atoms with van der Waals surface area (Å²) in [4.78, 5) is 14.1.